The fourth-order valence-corrected chi connectivity index (χ4v) is 2.04. The van der Waals surface area contributed by atoms with Crippen molar-refractivity contribution in [2.45, 2.75) is 26.2 Å². The van der Waals surface area contributed by atoms with E-state index in [0.29, 0.717) is 0 Å². The maximum absolute atomic E-state index is 14.1. The van der Waals surface area contributed by atoms with Crippen molar-refractivity contribution >= 4 is 11.7 Å². The molecule has 104 valence electrons. The van der Waals surface area contributed by atoms with Crippen molar-refractivity contribution in [1.82, 2.24) is 0 Å². The molecule has 0 nitrogen and oxygen atoms in total. The summed E-state index contributed by atoms with van der Waals surface area (Å²) in [7, 11) is 0. The quantitative estimate of drug-likeness (QED) is 0.604. The third-order valence-electron chi connectivity index (χ3n) is 3.25. The topological polar surface area (TPSA) is 0 Å². The van der Waals surface area contributed by atoms with Gasteiger partial charge in [0.15, 0.2) is 11.7 Å². The molecule has 0 fully saturated rings. The maximum atomic E-state index is 14.1. The van der Waals surface area contributed by atoms with E-state index in [0.717, 1.165) is 24.8 Å². The van der Waals surface area contributed by atoms with Crippen molar-refractivity contribution in [3.63, 3.8) is 0 Å². The zero-order chi connectivity index (χ0) is 14.4. The zero-order valence-electron chi connectivity index (χ0n) is 11.6. The summed E-state index contributed by atoms with van der Waals surface area (Å²) in [6, 6.07) is 15.3. The Bertz CT molecular complexity index is 568. The van der Waals surface area contributed by atoms with Gasteiger partial charge in [-0.1, -0.05) is 67.9 Å². The minimum Gasteiger partial charge on any atom is -0.203 e. The Kier molecular flexibility index (Phi) is 5.05. The number of halogens is 2. The van der Waals surface area contributed by atoms with Crippen molar-refractivity contribution in [1.29, 1.82) is 0 Å². The lowest BCUT2D eigenvalue weighted by Crippen LogP contribution is -1.87. The van der Waals surface area contributed by atoms with Gasteiger partial charge >= 0.3 is 0 Å². The van der Waals surface area contributed by atoms with Crippen LogP contribution in [0.4, 0.5) is 8.78 Å². The zero-order valence-corrected chi connectivity index (χ0v) is 11.6. The molecule has 2 aromatic rings. The SMILES string of the molecule is CCCCc1ccc(/C(F)=C(\F)c2ccccc2)cc1. The smallest absolute Gasteiger partial charge is 0.166 e. The van der Waals surface area contributed by atoms with Gasteiger partial charge in [-0.3, -0.25) is 0 Å². The van der Waals surface area contributed by atoms with E-state index in [-0.39, 0.29) is 11.1 Å². The summed E-state index contributed by atoms with van der Waals surface area (Å²) < 4.78 is 28.1. The molecule has 0 bridgehead atoms. The number of benzene rings is 2. The van der Waals surface area contributed by atoms with Gasteiger partial charge in [-0.2, -0.15) is 0 Å². The summed E-state index contributed by atoms with van der Waals surface area (Å²) in [5, 5.41) is 0. The second-order valence-corrected chi connectivity index (χ2v) is 4.79. The van der Waals surface area contributed by atoms with Crippen molar-refractivity contribution < 1.29 is 8.78 Å². The minimum atomic E-state index is -0.813. The van der Waals surface area contributed by atoms with Crippen LogP contribution in [-0.2, 0) is 6.42 Å². The standard InChI is InChI=1S/C18H18F2/c1-2-3-7-14-10-12-16(13-11-14)18(20)17(19)15-8-5-4-6-9-15/h4-6,8-13H,2-3,7H2,1H3/b18-17+. The molecule has 20 heavy (non-hydrogen) atoms. The molecule has 0 saturated heterocycles. The van der Waals surface area contributed by atoms with E-state index in [9.17, 15) is 8.78 Å². The predicted octanol–water partition coefficient (Wildman–Crippen LogP) is 5.79. The molecule has 0 aliphatic carbocycles. The van der Waals surface area contributed by atoms with Crippen LogP contribution >= 0.6 is 0 Å². The number of hydrogen-bond donors (Lipinski definition) is 0. The van der Waals surface area contributed by atoms with Gasteiger partial charge in [0.05, 0.1) is 0 Å². The van der Waals surface area contributed by atoms with Gasteiger partial charge < -0.3 is 0 Å². The summed E-state index contributed by atoms with van der Waals surface area (Å²) >= 11 is 0. The fourth-order valence-electron chi connectivity index (χ4n) is 2.04. The molecule has 0 radical (unpaired) electrons. The van der Waals surface area contributed by atoms with Crippen molar-refractivity contribution in [2.24, 2.45) is 0 Å². The molecule has 0 aliphatic heterocycles. The van der Waals surface area contributed by atoms with E-state index in [1.807, 2.05) is 12.1 Å². The first-order chi connectivity index (χ1) is 9.72. The number of aryl methyl sites for hydroxylation is 1. The van der Waals surface area contributed by atoms with Crippen LogP contribution in [0.5, 0.6) is 0 Å². The lowest BCUT2D eigenvalue weighted by atomic mass is 10.0. The molecule has 0 unspecified atom stereocenters. The summed E-state index contributed by atoms with van der Waals surface area (Å²) in [5.41, 5.74) is 1.70. The summed E-state index contributed by atoms with van der Waals surface area (Å²) in [6.45, 7) is 2.13. The lowest BCUT2D eigenvalue weighted by molar-refractivity contribution is 0.700. The Morgan fingerprint density at radius 2 is 1.35 bits per heavy atom. The molecule has 0 aromatic heterocycles. The molecule has 0 spiro atoms. The van der Waals surface area contributed by atoms with Gasteiger partial charge in [-0.15, -0.1) is 0 Å². The highest BCUT2D eigenvalue weighted by atomic mass is 19.2. The van der Waals surface area contributed by atoms with Gasteiger partial charge in [0.2, 0.25) is 0 Å². The molecular weight excluding hydrogens is 254 g/mol. The van der Waals surface area contributed by atoms with E-state index >= 15 is 0 Å². The minimum absolute atomic E-state index is 0.264. The monoisotopic (exact) mass is 272 g/mol. The molecule has 0 saturated carbocycles. The second kappa shape index (κ2) is 6.99. The summed E-state index contributed by atoms with van der Waals surface area (Å²) in [5.74, 6) is -1.62. The highest BCUT2D eigenvalue weighted by Gasteiger charge is 2.10. The summed E-state index contributed by atoms with van der Waals surface area (Å²) in [6.07, 6.45) is 3.21. The molecule has 2 aromatic carbocycles. The third-order valence-corrected chi connectivity index (χ3v) is 3.25. The normalized spacial score (nSPS) is 12.2. The van der Waals surface area contributed by atoms with Crippen LogP contribution in [0.3, 0.4) is 0 Å². The first-order valence-electron chi connectivity index (χ1n) is 6.92. The molecule has 2 rings (SSSR count). The molecule has 0 heterocycles. The van der Waals surface area contributed by atoms with Crippen LogP contribution in [0.2, 0.25) is 0 Å². The highest BCUT2D eigenvalue weighted by molar-refractivity contribution is 5.83. The molecular formula is C18H18F2. The van der Waals surface area contributed by atoms with Crippen molar-refractivity contribution in [3.05, 3.63) is 71.3 Å². The third kappa shape index (κ3) is 3.53. The largest absolute Gasteiger partial charge is 0.203 e. The molecule has 0 aliphatic rings. The number of rotatable bonds is 5. The first kappa shape index (κ1) is 14.4. The van der Waals surface area contributed by atoms with E-state index in [2.05, 4.69) is 6.92 Å². The Labute approximate surface area is 118 Å². The van der Waals surface area contributed by atoms with E-state index in [4.69, 9.17) is 0 Å². The Morgan fingerprint density at radius 3 is 1.90 bits per heavy atom. The van der Waals surface area contributed by atoms with Crippen LogP contribution in [0.1, 0.15) is 36.5 Å². The second-order valence-electron chi connectivity index (χ2n) is 4.79. The van der Waals surface area contributed by atoms with E-state index < -0.39 is 11.7 Å². The van der Waals surface area contributed by atoms with E-state index in [1.165, 1.54) is 0 Å². The van der Waals surface area contributed by atoms with Crippen LogP contribution in [0.15, 0.2) is 54.6 Å². The fraction of sp³-hybridized carbons (Fsp3) is 0.222. The Hall–Kier alpha value is -1.96. The predicted molar refractivity (Wildman–Crippen MR) is 80.5 cm³/mol. The van der Waals surface area contributed by atoms with Crippen LogP contribution in [0.25, 0.3) is 11.7 Å². The number of unbranched alkanes of at least 4 members (excludes halogenated alkanes) is 1. The van der Waals surface area contributed by atoms with Gasteiger partial charge in [0, 0.05) is 11.1 Å². The van der Waals surface area contributed by atoms with Crippen molar-refractivity contribution in [2.75, 3.05) is 0 Å². The molecule has 2 heteroatoms. The molecule has 0 amide bonds. The average molecular weight is 272 g/mol. The van der Waals surface area contributed by atoms with Gasteiger partial charge in [0.25, 0.3) is 0 Å². The van der Waals surface area contributed by atoms with Crippen molar-refractivity contribution in [3.8, 4) is 0 Å². The van der Waals surface area contributed by atoms with Gasteiger partial charge in [0.1, 0.15) is 0 Å². The molecule has 0 N–H and O–H groups in total. The number of hydrogen-bond acceptors (Lipinski definition) is 0. The van der Waals surface area contributed by atoms with Gasteiger partial charge in [-0.25, -0.2) is 8.78 Å². The molecule has 0 atom stereocenters. The average Bonchev–Trinajstić information content (AvgIpc) is 2.53. The maximum Gasteiger partial charge on any atom is 0.166 e. The van der Waals surface area contributed by atoms with E-state index in [1.54, 1.807) is 42.5 Å². The Balaban J connectivity index is 2.22. The van der Waals surface area contributed by atoms with Crippen LogP contribution in [-0.4, -0.2) is 0 Å². The summed E-state index contributed by atoms with van der Waals surface area (Å²) in [4.78, 5) is 0. The Morgan fingerprint density at radius 1 is 0.800 bits per heavy atom. The lowest BCUT2D eigenvalue weighted by Gasteiger charge is -2.04. The van der Waals surface area contributed by atoms with Crippen LogP contribution < -0.4 is 0 Å². The first-order valence-corrected chi connectivity index (χ1v) is 6.92. The van der Waals surface area contributed by atoms with Gasteiger partial charge in [-0.05, 0) is 18.4 Å². The van der Waals surface area contributed by atoms with Crippen LogP contribution in [0, 0.1) is 0 Å². The highest BCUT2D eigenvalue weighted by Crippen LogP contribution is 2.28.